The van der Waals surface area contributed by atoms with E-state index in [0.29, 0.717) is 6.54 Å². The molecule has 0 saturated carbocycles. The van der Waals surface area contributed by atoms with Gasteiger partial charge in [-0.1, -0.05) is 6.07 Å². The van der Waals surface area contributed by atoms with Crippen LogP contribution in [0, 0.1) is 0 Å². The molecule has 2 aromatic rings. The lowest BCUT2D eigenvalue weighted by atomic mass is 10.1. The highest BCUT2D eigenvalue weighted by molar-refractivity contribution is 7.10. The molecule has 0 aromatic carbocycles. The number of nitrogens with one attached hydrogen (secondary N) is 1. The first-order valence-electron chi connectivity index (χ1n) is 6.02. The van der Waals surface area contributed by atoms with Crippen molar-refractivity contribution in [3.63, 3.8) is 0 Å². The summed E-state index contributed by atoms with van der Waals surface area (Å²) in [4.78, 5) is 1.26. The summed E-state index contributed by atoms with van der Waals surface area (Å²) >= 11 is 1.72. The summed E-state index contributed by atoms with van der Waals surface area (Å²) in [5.41, 5.74) is 0.0585. The molecule has 18 heavy (non-hydrogen) atoms. The van der Waals surface area contributed by atoms with E-state index in [0.717, 1.165) is 5.82 Å². The fourth-order valence-electron chi connectivity index (χ4n) is 1.62. The van der Waals surface area contributed by atoms with Crippen molar-refractivity contribution in [2.24, 2.45) is 0 Å². The average Bonchev–Trinajstić information content (AvgIpc) is 2.95. The first-order chi connectivity index (χ1) is 8.47. The van der Waals surface area contributed by atoms with E-state index in [4.69, 9.17) is 0 Å². The first-order valence-corrected chi connectivity index (χ1v) is 6.90. The van der Waals surface area contributed by atoms with Gasteiger partial charge in [-0.15, -0.1) is 16.4 Å². The Morgan fingerprint density at radius 3 is 2.83 bits per heavy atom. The van der Waals surface area contributed by atoms with Gasteiger partial charge in [-0.05, 0) is 49.6 Å². The lowest BCUT2D eigenvalue weighted by molar-refractivity contribution is 0.404. The van der Waals surface area contributed by atoms with Gasteiger partial charge in [0, 0.05) is 10.4 Å². The molecule has 1 unspecified atom stereocenters. The Bertz CT molecular complexity index is 483. The van der Waals surface area contributed by atoms with Gasteiger partial charge in [0.1, 0.15) is 0 Å². The Morgan fingerprint density at radius 1 is 1.44 bits per heavy atom. The Balaban J connectivity index is 2.13. The molecule has 0 saturated heterocycles. The van der Waals surface area contributed by atoms with E-state index in [9.17, 15) is 0 Å². The summed E-state index contributed by atoms with van der Waals surface area (Å²) in [6.07, 6.45) is 0. The Kier molecular flexibility index (Phi) is 3.77. The molecule has 0 fully saturated rings. The predicted molar refractivity (Wildman–Crippen MR) is 72.5 cm³/mol. The minimum atomic E-state index is 0.0585. The highest BCUT2D eigenvalue weighted by atomic mass is 32.1. The number of thiophene rings is 1. The molecule has 0 amide bonds. The molecule has 0 aliphatic carbocycles. The van der Waals surface area contributed by atoms with Crippen LogP contribution in [0.15, 0.2) is 17.5 Å². The normalized spacial score (nSPS) is 13.8. The van der Waals surface area contributed by atoms with Crippen LogP contribution >= 0.6 is 11.3 Å². The first kappa shape index (κ1) is 13.2. The summed E-state index contributed by atoms with van der Waals surface area (Å²) in [6.45, 7) is 9.17. The van der Waals surface area contributed by atoms with Gasteiger partial charge in [0.2, 0.25) is 0 Å². The third-order valence-corrected chi connectivity index (χ3v) is 3.70. The molecule has 2 rings (SSSR count). The van der Waals surface area contributed by atoms with E-state index in [-0.39, 0.29) is 11.6 Å². The van der Waals surface area contributed by atoms with Gasteiger partial charge < -0.3 is 5.32 Å². The second-order valence-corrected chi connectivity index (χ2v) is 6.31. The maximum atomic E-state index is 4.09. The summed E-state index contributed by atoms with van der Waals surface area (Å²) in [7, 11) is 0. The minimum absolute atomic E-state index is 0.0585. The van der Waals surface area contributed by atoms with Crippen LogP contribution in [0.4, 0.5) is 0 Å². The fraction of sp³-hybridized carbons (Fsp3) is 0.583. The molecule has 0 aliphatic rings. The lowest BCUT2D eigenvalue weighted by Gasteiger charge is -2.20. The molecule has 0 bridgehead atoms. The third kappa shape index (κ3) is 3.14. The van der Waals surface area contributed by atoms with Crippen LogP contribution in [0.1, 0.15) is 44.4 Å². The van der Waals surface area contributed by atoms with Gasteiger partial charge in [0.15, 0.2) is 5.82 Å². The van der Waals surface area contributed by atoms with Crippen molar-refractivity contribution in [3.05, 3.63) is 28.2 Å². The molecule has 2 heterocycles. The van der Waals surface area contributed by atoms with Gasteiger partial charge in [-0.25, -0.2) is 4.68 Å². The Labute approximate surface area is 111 Å². The molecule has 5 nitrogen and oxygen atoms in total. The van der Waals surface area contributed by atoms with Gasteiger partial charge in [0.05, 0.1) is 12.6 Å². The van der Waals surface area contributed by atoms with Crippen molar-refractivity contribution in [2.45, 2.75) is 45.8 Å². The van der Waals surface area contributed by atoms with Gasteiger partial charge in [-0.2, -0.15) is 0 Å². The standard InChI is InChI=1S/C12H19N5S/c1-9(10-6-5-7-18-10)17-11(14-15-16-17)8-13-12(2,3)4/h5-7,9,13H,8H2,1-4H3. The molecule has 1 atom stereocenters. The number of rotatable bonds is 4. The zero-order valence-corrected chi connectivity index (χ0v) is 12.0. The van der Waals surface area contributed by atoms with E-state index in [2.05, 4.69) is 60.0 Å². The van der Waals surface area contributed by atoms with E-state index < -0.39 is 0 Å². The number of nitrogens with zero attached hydrogens (tertiary/aromatic N) is 4. The molecule has 6 heteroatoms. The molecule has 0 spiro atoms. The maximum Gasteiger partial charge on any atom is 0.165 e. The highest BCUT2D eigenvalue weighted by Gasteiger charge is 2.17. The van der Waals surface area contributed by atoms with Crippen molar-refractivity contribution in [1.29, 1.82) is 0 Å². The van der Waals surface area contributed by atoms with Crippen LogP contribution < -0.4 is 5.32 Å². The SMILES string of the molecule is CC(c1cccs1)n1nnnc1CNC(C)(C)C. The smallest absolute Gasteiger partial charge is 0.165 e. The number of tetrazole rings is 1. The van der Waals surface area contributed by atoms with Gasteiger partial charge >= 0.3 is 0 Å². The van der Waals surface area contributed by atoms with E-state index in [1.165, 1.54) is 4.88 Å². The van der Waals surface area contributed by atoms with E-state index in [1.807, 2.05) is 10.7 Å². The second-order valence-electron chi connectivity index (χ2n) is 5.33. The van der Waals surface area contributed by atoms with Crippen LogP contribution in [0.5, 0.6) is 0 Å². The van der Waals surface area contributed by atoms with Crippen molar-refractivity contribution in [2.75, 3.05) is 0 Å². The van der Waals surface area contributed by atoms with Crippen molar-refractivity contribution >= 4 is 11.3 Å². The Hall–Kier alpha value is -1.27. The largest absolute Gasteiger partial charge is 0.305 e. The van der Waals surface area contributed by atoms with Crippen molar-refractivity contribution in [1.82, 2.24) is 25.5 Å². The van der Waals surface area contributed by atoms with Gasteiger partial charge in [-0.3, -0.25) is 0 Å². The van der Waals surface area contributed by atoms with Crippen LogP contribution in [0.3, 0.4) is 0 Å². The van der Waals surface area contributed by atoms with Crippen molar-refractivity contribution in [3.8, 4) is 0 Å². The predicted octanol–water partition coefficient (Wildman–Crippen LogP) is 2.23. The molecule has 1 N–H and O–H groups in total. The topological polar surface area (TPSA) is 55.6 Å². The zero-order chi connectivity index (χ0) is 13.2. The van der Waals surface area contributed by atoms with Crippen LogP contribution in [0.2, 0.25) is 0 Å². The van der Waals surface area contributed by atoms with E-state index >= 15 is 0 Å². The lowest BCUT2D eigenvalue weighted by Crippen LogP contribution is -2.36. The van der Waals surface area contributed by atoms with Crippen LogP contribution in [-0.2, 0) is 6.54 Å². The molecule has 98 valence electrons. The molecule has 0 aliphatic heterocycles. The summed E-state index contributed by atoms with van der Waals surface area (Å²) in [6, 6.07) is 4.34. The average molecular weight is 265 g/mol. The third-order valence-electron chi connectivity index (χ3n) is 2.66. The number of hydrogen-bond acceptors (Lipinski definition) is 5. The molecule has 0 radical (unpaired) electrons. The fourth-order valence-corrected chi connectivity index (χ4v) is 2.39. The highest BCUT2D eigenvalue weighted by Crippen LogP contribution is 2.22. The zero-order valence-electron chi connectivity index (χ0n) is 11.2. The van der Waals surface area contributed by atoms with Crippen LogP contribution in [0.25, 0.3) is 0 Å². The molecule has 2 aromatic heterocycles. The van der Waals surface area contributed by atoms with Crippen molar-refractivity contribution < 1.29 is 0 Å². The summed E-state index contributed by atoms with van der Waals surface area (Å²) < 4.78 is 1.88. The second kappa shape index (κ2) is 5.16. The Morgan fingerprint density at radius 2 is 2.22 bits per heavy atom. The summed E-state index contributed by atoms with van der Waals surface area (Å²) in [5, 5.41) is 17.4. The number of aromatic nitrogens is 4. The molecular formula is C12H19N5S. The molecular weight excluding hydrogens is 246 g/mol. The monoisotopic (exact) mass is 265 g/mol. The van der Waals surface area contributed by atoms with E-state index in [1.54, 1.807) is 11.3 Å². The van der Waals surface area contributed by atoms with Crippen LogP contribution in [-0.4, -0.2) is 25.7 Å². The van der Waals surface area contributed by atoms with Gasteiger partial charge in [0.25, 0.3) is 0 Å². The maximum absolute atomic E-state index is 4.09. The summed E-state index contributed by atoms with van der Waals surface area (Å²) in [5.74, 6) is 0.867. The minimum Gasteiger partial charge on any atom is -0.305 e. The quantitative estimate of drug-likeness (QED) is 0.921. The number of hydrogen-bond donors (Lipinski definition) is 1.